The van der Waals surface area contributed by atoms with Crippen LogP contribution in [0.15, 0.2) is 41.3 Å². The minimum Gasteiger partial charge on any atom is -0.388 e. The molecule has 1 saturated carbocycles. The number of carbonyl (C=O) groups excluding carboxylic acids is 1. The summed E-state index contributed by atoms with van der Waals surface area (Å²) in [5, 5.41) is 6.79. The van der Waals surface area contributed by atoms with Crippen molar-refractivity contribution >= 4 is 34.3 Å². The first kappa shape index (κ1) is 24.9. The Hall–Kier alpha value is -3.82. The molecule has 5 rings (SSSR count). The molecule has 3 aromatic rings. The van der Waals surface area contributed by atoms with Crippen LogP contribution in [0, 0.1) is 12.8 Å². The van der Waals surface area contributed by atoms with E-state index in [1.54, 1.807) is 23.9 Å². The number of nitrogens with zero attached hydrogens (tertiary/aromatic N) is 5. The molecule has 0 spiro atoms. The molecule has 3 aromatic heterocycles. The second kappa shape index (κ2) is 10.3. The van der Waals surface area contributed by atoms with Gasteiger partial charge in [-0.05, 0) is 51.3 Å². The Morgan fingerprint density at radius 2 is 2.03 bits per heavy atom. The number of anilines is 3. The molecule has 37 heavy (non-hydrogen) atoms. The zero-order chi connectivity index (χ0) is 26.1. The fourth-order valence-electron chi connectivity index (χ4n) is 5.42. The number of pyridine rings is 2. The van der Waals surface area contributed by atoms with Gasteiger partial charge in [-0.15, -0.1) is 0 Å². The van der Waals surface area contributed by atoms with Gasteiger partial charge in [-0.1, -0.05) is 12.8 Å². The SMILES string of the molecule is CCN(CC1CNC=C1F)c1ccc(Nc2ncc3c(C)c(C(C)=O)c(=O)n(C4CCCC4)c3n2)nc1. The molecule has 1 fully saturated rings. The number of aromatic nitrogens is 4. The van der Waals surface area contributed by atoms with Crippen molar-refractivity contribution in [3.05, 3.63) is 58.0 Å². The topological polar surface area (TPSA) is 105 Å². The Balaban J connectivity index is 1.44. The number of ketones is 1. The summed E-state index contributed by atoms with van der Waals surface area (Å²) in [6.07, 6.45) is 8.71. The fourth-order valence-corrected chi connectivity index (χ4v) is 5.42. The number of hydrogen-bond donors (Lipinski definition) is 2. The van der Waals surface area contributed by atoms with Crippen LogP contribution in [0.4, 0.5) is 21.8 Å². The molecule has 1 atom stereocenters. The minimum absolute atomic E-state index is 0.0173. The zero-order valence-corrected chi connectivity index (χ0v) is 21.4. The first-order chi connectivity index (χ1) is 17.9. The van der Waals surface area contributed by atoms with Gasteiger partial charge in [-0.25, -0.2) is 14.4 Å². The molecule has 4 heterocycles. The number of nitrogens with one attached hydrogen (secondary N) is 2. The van der Waals surface area contributed by atoms with E-state index in [0.717, 1.165) is 37.9 Å². The molecule has 1 unspecified atom stereocenters. The largest absolute Gasteiger partial charge is 0.388 e. The van der Waals surface area contributed by atoms with Crippen LogP contribution in [-0.2, 0) is 0 Å². The molecule has 9 nitrogen and oxygen atoms in total. The number of aryl methyl sites for hydroxylation is 1. The Labute approximate surface area is 214 Å². The van der Waals surface area contributed by atoms with Gasteiger partial charge in [-0.3, -0.25) is 14.2 Å². The van der Waals surface area contributed by atoms with Gasteiger partial charge in [0.25, 0.3) is 5.56 Å². The van der Waals surface area contributed by atoms with Crippen molar-refractivity contribution in [3.63, 3.8) is 0 Å². The zero-order valence-electron chi connectivity index (χ0n) is 21.4. The van der Waals surface area contributed by atoms with Crippen LogP contribution in [0.3, 0.4) is 0 Å². The Kier molecular flexibility index (Phi) is 6.90. The van der Waals surface area contributed by atoms with E-state index >= 15 is 0 Å². The van der Waals surface area contributed by atoms with Crippen molar-refractivity contribution in [1.29, 1.82) is 0 Å². The lowest BCUT2D eigenvalue weighted by molar-refractivity contribution is 0.101. The van der Waals surface area contributed by atoms with Crippen molar-refractivity contribution in [2.45, 2.75) is 52.5 Å². The van der Waals surface area contributed by atoms with Crippen molar-refractivity contribution in [1.82, 2.24) is 24.8 Å². The van der Waals surface area contributed by atoms with Gasteiger partial charge in [-0.2, -0.15) is 4.98 Å². The van der Waals surface area contributed by atoms with Crippen molar-refractivity contribution in [2.24, 2.45) is 5.92 Å². The van der Waals surface area contributed by atoms with E-state index < -0.39 is 0 Å². The summed E-state index contributed by atoms with van der Waals surface area (Å²) in [6.45, 7) is 7.12. The molecule has 0 amide bonds. The van der Waals surface area contributed by atoms with Crippen LogP contribution in [0.5, 0.6) is 0 Å². The van der Waals surface area contributed by atoms with E-state index in [9.17, 15) is 14.0 Å². The molecular weight excluding hydrogens is 473 g/mol. The Morgan fingerprint density at radius 1 is 1.24 bits per heavy atom. The normalized spacial score (nSPS) is 17.6. The maximum Gasteiger partial charge on any atom is 0.263 e. The number of fused-ring (bicyclic) bond motifs is 1. The third-order valence-corrected chi connectivity index (χ3v) is 7.42. The van der Waals surface area contributed by atoms with E-state index in [4.69, 9.17) is 4.98 Å². The standard InChI is InChI=1S/C27H32FN7O2/c1-4-34(15-18-11-29-14-22(18)28)20-9-10-23(30-12-20)32-27-31-13-21-16(2)24(17(3)36)26(37)35(25(21)33-27)19-7-5-6-8-19/h9-10,12-14,18-19,29H,4-8,11,15H2,1-3H3,(H,30,31,32,33). The highest BCUT2D eigenvalue weighted by molar-refractivity contribution is 5.99. The lowest BCUT2D eigenvalue weighted by Crippen LogP contribution is -2.31. The summed E-state index contributed by atoms with van der Waals surface area (Å²) in [6, 6.07) is 3.78. The number of hydrogen-bond acceptors (Lipinski definition) is 8. The quantitative estimate of drug-likeness (QED) is 0.434. The molecule has 0 radical (unpaired) electrons. The predicted octanol–water partition coefficient (Wildman–Crippen LogP) is 4.41. The lowest BCUT2D eigenvalue weighted by atomic mass is 10.0. The molecule has 2 aliphatic rings. The number of carbonyl (C=O) groups is 1. The monoisotopic (exact) mass is 505 g/mol. The van der Waals surface area contributed by atoms with Gasteiger partial charge >= 0.3 is 0 Å². The number of halogens is 1. The van der Waals surface area contributed by atoms with Crippen LogP contribution in [0.25, 0.3) is 11.0 Å². The smallest absolute Gasteiger partial charge is 0.263 e. The highest BCUT2D eigenvalue weighted by Crippen LogP contribution is 2.32. The average molecular weight is 506 g/mol. The third kappa shape index (κ3) is 4.80. The van der Waals surface area contributed by atoms with Gasteiger partial charge in [0.1, 0.15) is 17.3 Å². The Morgan fingerprint density at radius 3 is 2.65 bits per heavy atom. The highest BCUT2D eigenvalue weighted by atomic mass is 19.1. The summed E-state index contributed by atoms with van der Waals surface area (Å²) in [4.78, 5) is 41.5. The fraction of sp³-hybridized carbons (Fsp3) is 0.444. The van der Waals surface area contributed by atoms with Crippen LogP contribution in [0.2, 0.25) is 0 Å². The molecule has 1 aliphatic heterocycles. The first-order valence-electron chi connectivity index (χ1n) is 12.9. The van der Waals surface area contributed by atoms with E-state index in [0.29, 0.717) is 41.5 Å². The summed E-state index contributed by atoms with van der Waals surface area (Å²) in [5.74, 6) is 0.338. The van der Waals surface area contributed by atoms with Crippen molar-refractivity contribution < 1.29 is 9.18 Å². The minimum atomic E-state index is -0.278. The van der Waals surface area contributed by atoms with Gasteiger partial charge in [0, 0.05) is 49.4 Å². The molecule has 2 N–H and O–H groups in total. The first-order valence-corrected chi connectivity index (χ1v) is 12.9. The average Bonchev–Trinajstić information content (AvgIpc) is 3.55. The van der Waals surface area contributed by atoms with Gasteiger partial charge < -0.3 is 15.5 Å². The van der Waals surface area contributed by atoms with Crippen LogP contribution in [-0.4, -0.2) is 44.9 Å². The maximum absolute atomic E-state index is 14.0. The second-order valence-corrected chi connectivity index (χ2v) is 9.80. The van der Waals surface area contributed by atoms with E-state index in [2.05, 4.69) is 25.5 Å². The molecule has 0 saturated heterocycles. The Bertz CT molecular complexity index is 1410. The van der Waals surface area contributed by atoms with Gasteiger partial charge in [0.15, 0.2) is 5.78 Å². The lowest BCUT2D eigenvalue weighted by Gasteiger charge is -2.25. The predicted molar refractivity (Wildman–Crippen MR) is 142 cm³/mol. The summed E-state index contributed by atoms with van der Waals surface area (Å²) < 4.78 is 15.6. The number of Topliss-reactive ketones (excluding diaryl/α,β-unsaturated/α-hetero) is 1. The summed E-state index contributed by atoms with van der Waals surface area (Å²) in [5.41, 5.74) is 1.98. The van der Waals surface area contributed by atoms with Gasteiger partial charge in [0.2, 0.25) is 5.95 Å². The maximum atomic E-state index is 14.0. The molecule has 1 aliphatic carbocycles. The van der Waals surface area contributed by atoms with Crippen LogP contribution in [0.1, 0.15) is 61.5 Å². The third-order valence-electron chi connectivity index (χ3n) is 7.42. The van der Waals surface area contributed by atoms with Crippen LogP contribution < -0.4 is 21.1 Å². The van der Waals surface area contributed by atoms with Gasteiger partial charge in [0.05, 0.1) is 17.4 Å². The molecule has 10 heteroatoms. The molecule has 0 aromatic carbocycles. The number of rotatable bonds is 8. The van der Waals surface area contributed by atoms with Crippen molar-refractivity contribution in [3.8, 4) is 0 Å². The highest BCUT2D eigenvalue weighted by Gasteiger charge is 2.26. The molecule has 0 bridgehead atoms. The molecular formula is C27H32FN7O2. The van der Waals surface area contributed by atoms with Crippen molar-refractivity contribution in [2.75, 3.05) is 29.9 Å². The second-order valence-electron chi connectivity index (χ2n) is 9.80. The van der Waals surface area contributed by atoms with E-state index in [1.807, 2.05) is 19.1 Å². The van der Waals surface area contributed by atoms with Crippen LogP contribution >= 0.6 is 0 Å². The van der Waals surface area contributed by atoms with E-state index in [1.165, 1.54) is 13.1 Å². The summed E-state index contributed by atoms with van der Waals surface area (Å²) >= 11 is 0. The van der Waals surface area contributed by atoms with E-state index in [-0.39, 0.29) is 34.7 Å². The summed E-state index contributed by atoms with van der Waals surface area (Å²) in [7, 11) is 0. The molecule has 194 valence electrons.